The highest BCUT2D eigenvalue weighted by atomic mass is 16.5. The molecule has 7 heteroatoms. The van der Waals surface area contributed by atoms with Gasteiger partial charge in [-0.3, -0.25) is 0 Å². The van der Waals surface area contributed by atoms with Crippen molar-refractivity contribution in [1.29, 1.82) is 0 Å². The van der Waals surface area contributed by atoms with Gasteiger partial charge in [0.05, 0.1) is 13.7 Å². The second-order valence-corrected chi connectivity index (χ2v) is 7.62. The summed E-state index contributed by atoms with van der Waals surface area (Å²) < 4.78 is 11.0. The summed E-state index contributed by atoms with van der Waals surface area (Å²) >= 11 is 0. The molecule has 1 fully saturated rings. The average molecular weight is 400 g/mol. The molecular weight excluding hydrogens is 366 g/mol. The molecule has 1 heterocycles. The number of anilines is 2. The Kier molecular flexibility index (Phi) is 7.52. The van der Waals surface area contributed by atoms with Crippen LogP contribution in [0.15, 0.2) is 30.5 Å². The summed E-state index contributed by atoms with van der Waals surface area (Å²) in [4.78, 5) is 10.9. The molecule has 1 aromatic carbocycles. The highest BCUT2D eigenvalue weighted by Crippen LogP contribution is 2.28. The Balaban J connectivity index is 1.46. The number of hydrogen-bond donors (Lipinski definition) is 2. The minimum Gasteiger partial charge on any atom is -0.493 e. The maximum atomic E-state index is 5.68. The van der Waals surface area contributed by atoms with Gasteiger partial charge in [-0.2, -0.15) is 4.98 Å². The second-order valence-electron chi connectivity index (χ2n) is 7.62. The van der Waals surface area contributed by atoms with Gasteiger partial charge in [0.1, 0.15) is 5.82 Å². The van der Waals surface area contributed by atoms with E-state index in [1.807, 2.05) is 44.2 Å². The van der Waals surface area contributed by atoms with Crippen LogP contribution in [0.2, 0.25) is 0 Å². The third-order valence-electron chi connectivity index (χ3n) is 5.28. The second kappa shape index (κ2) is 10.3. The van der Waals surface area contributed by atoms with E-state index in [4.69, 9.17) is 9.47 Å². The van der Waals surface area contributed by atoms with Gasteiger partial charge < -0.3 is 25.0 Å². The zero-order valence-corrected chi connectivity index (χ0v) is 17.9. The molecule has 0 amide bonds. The van der Waals surface area contributed by atoms with Crippen LogP contribution in [-0.4, -0.2) is 49.9 Å². The Morgan fingerprint density at radius 3 is 2.52 bits per heavy atom. The number of nitrogens with zero attached hydrogens (tertiary/aromatic N) is 3. The maximum absolute atomic E-state index is 5.68. The van der Waals surface area contributed by atoms with Crippen LogP contribution in [0.3, 0.4) is 0 Å². The van der Waals surface area contributed by atoms with Crippen LogP contribution in [0.1, 0.15) is 38.2 Å². The van der Waals surface area contributed by atoms with Gasteiger partial charge in [-0.05, 0) is 56.4 Å². The van der Waals surface area contributed by atoms with Gasteiger partial charge in [0.2, 0.25) is 5.95 Å². The lowest BCUT2D eigenvalue weighted by Gasteiger charge is -2.30. The Hall–Kier alpha value is -2.54. The molecule has 158 valence electrons. The predicted octanol–water partition coefficient (Wildman–Crippen LogP) is 3.46. The van der Waals surface area contributed by atoms with E-state index in [-0.39, 0.29) is 0 Å². The van der Waals surface area contributed by atoms with E-state index in [0.29, 0.717) is 24.6 Å². The fourth-order valence-corrected chi connectivity index (χ4v) is 3.65. The molecule has 7 nitrogen and oxygen atoms in total. The summed E-state index contributed by atoms with van der Waals surface area (Å²) in [6.45, 7) is 3.45. The molecule has 0 unspecified atom stereocenters. The molecule has 0 atom stereocenters. The number of hydrogen-bond acceptors (Lipinski definition) is 7. The minimum absolute atomic E-state index is 0.427. The van der Waals surface area contributed by atoms with Crippen LogP contribution < -0.4 is 25.0 Å². The molecule has 0 bridgehead atoms. The van der Waals surface area contributed by atoms with Gasteiger partial charge in [0.15, 0.2) is 11.5 Å². The van der Waals surface area contributed by atoms with Crippen LogP contribution in [0, 0.1) is 0 Å². The largest absolute Gasteiger partial charge is 0.493 e. The van der Waals surface area contributed by atoms with Crippen molar-refractivity contribution in [3.05, 3.63) is 36.0 Å². The van der Waals surface area contributed by atoms with Gasteiger partial charge in [-0.1, -0.05) is 6.07 Å². The van der Waals surface area contributed by atoms with E-state index in [1.54, 1.807) is 7.11 Å². The van der Waals surface area contributed by atoms with E-state index in [2.05, 4.69) is 32.7 Å². The topological polar surface area (TPSA) is 71.5 Å². The summed E-state index contributed by atoms with van der Waals surface area (Å²) in [5, 5.41) is 7.19. The fraction of sp³-hybridized carbons (Fsp3) is 0.545. The molecule has 0 spiro atoms. The molecule has 0 radical (unpaired) electrons. The van der Waals surface area contributed by atoms with Crippen LogP contribution in [0.25, 0.3) is 0 Å². The van der Waals surface area contributed by atoms with Crippen molar-refractivity contribution in [2.45, 2.75) is 51.2 Å². The van der Waals surface area contributed by atoms with E-state index < -0.39 is 0 Å². The molecule has 0 saturated heterocycles. The van der Waals surface area contributed by atoms with Crippen molar-refractivity contribution in [2.75, 3.05) is 38.0 Å². The maximum Gasteiger partial charge on any atom is 0.224 e. The van der Waals surface area contributed by atoms with Crippen molar-refractivity contribution >= 4 is 11.8 Å². The molecule has 29 heavy (non-hydrogen) atoms. The molecule has 1 saturated carbocycles. The smallest absolute Gasteiger partial charge is 0.224 e. The Morgan fingerprint density at radius 2 is 1.83 bits per heavy atom. The summed E-state index contributed by atoms with van der Waals surface area (Å²) in [6, 6.07) is 9.01. The molecule has 0 aliphatic heterocycles. The number of methoxy groups -OCH3 is 1. The zero-order chi connectivity index (χ0) is 20.6. The minimum atomic E-state index is 0.427. The van der Waals surface area contributed by atoms with E-state index >= 15 is 0 Å². The number of benzene rings is 1. The van der Waals surface area contributed by atoms with Gasteiger partial charge in [0, 0.05) is 38.9 Å². The van der Waals surface area contributed by atoms with Crippen LogP contribution in [0.5, 0.6) is 11.5 Å². The summed E-state index contributed by atoms with van der Waals surface area (Å²) in [5.74, 6) is 3.22. The molecule has 1 aliphatic carbocycles. The quantitative estimate of drug-likeness (QED) is 0.669. The van der Waals surface area contributed by atoms with Gasteiger partial charge >= 0.3 is 0 Å². The molecule has 2 N–H and O–H groups in total. The lowest BCUT2D eigenvalue weighted by molar-refractivity contribution is 0.310. The van der Waals surface area contributed by atoms with E-state index in [9.17, 15) is 0 Å². The SMILES string of the molecule is CCOc1cc(CN[C@H]2CC[C@@H](Nc3nccc(N(C)C)n3)CC2)ccc1OC. The van der Waals surface area contributed by atoms with Crippen molar-refractivity contribution in [3.63, 3.8) is 0 Å². The van der Waals surface area contributed by atoms with Crippen LogP contribution in [0.4, 0.5) is 11.8 Å². The first-order chi connectivity index (χ1) is 14.1. The highest BCUT2D eigenvalue weighted by Gasteiger charge is 2.21. The lowest BCUT2D eigenvalue weighted by atomic mass is 9.91. The first-order valence-electron chi connectivity index (χ1n) is 10.4. The molecule has 2 aromatic rings. The Morgan fingerprint density at radius 1 is 1.07 bits per heavy atom. The first-order valence-corrected chi connectivity index (χ1v) is 10.4. The number of nitrogens with one attached hydrogen (secondary N) is 2. The molecule has 3 rings (SSSR count). The molecule has 1 aliphatic rings. The third-order valence-corrected chi connectivity index (χ3v) is 5.28. The Bertz CT molecular complexity index is 776. The summed E-state index contributed by atoms with van der Waals surface area (Å²) in [6.07, 6.45) is 6.31. The van der Waals surface area contributed by atoms with Crippen molar-refractivity contribution < 1.29 is 9.47 Å². The summed E-state index contributed by atoms with van der Waals surface area (Å²) in [5.41, 5.74) is 1.21. The lowest BCUT2D eigenvalue weighted by Crippen LogP contribution is -2.36. The highest BCUT2D eigenvalue weighted by molar-refractivity contribution is 5.43. The normalized spacial score (nSPS) is 18.9. The summed E-state index contributed by atoms with van der Waals surface area (Å²) in [7, 11) is 5.65. The zero-order valence-electron chi connectivity index (χ0n) is 17.9. The molecular formula is C22H33N5O2. The van der Waals surface area contributed by atoms with Gasteiger partial charge in [-0.25, -0.2) is 4.98 Å². The monoisotopic (exact) mass is 399 g/mol. The Labute approximate surface area is 173 Å². The van der Waals surface area contributed by atoms with E-state index in [1.165, 1.54) is 5.56 Å². The first kappa shape index (κ1) is 21.2. The molecule has 1 aromatic heterocycles. The number of rotatable bonds is 9. The van der Waals surface area contributed by atoms with Gasteiger partial charge in [-0.15, -0.1) is 0 Å². The predicted molar refractivity (Wildman–Crippen MR) is 117 cm³/mol. The number of aromatic nitrogens is 2. The van der Waals surface area contributed by atoms with Crippen molar-refractivity contribution in [3.8, 4) is 11.5 Å². The van der Waals surface area contributed by atoms with Crippen molar-refractivity contribution in [1.82, 2.24) is 15.3 Å². The van der Waals surface area contributed by atoms with Crippen LogP contribution >= 0.6 is 0 Å². The third kappa shape index (κ3) is 5.97. The standard InChI is InChI=1S/C22H33N5O2/c1-5-29-20-14-16(6-11-19(20)28-4)15-24-17-7-9-18(10-8-17)25-22-23-13-12-21(26-22)27(2)3/h6,11-14,17-18,24H,5,7-10,15H2,1-4H3,(H,23,25,26)/t17-,18+. The van der Waals surface area contributed by atoms with Crippen LogP contribution in [-0.2, 0) is 6.54 Å². The average Bonchev–Trinajstić information content (AvgIpc) is 2.74. The van der Waals surface area contributed by atoms with E-state index in [0.717, 1.165) is 49.5 Å². The fourth-order valence-electron chi connectivity index (χ4n) is 3.65. The van der Waals surface area contributed by atoms with Gasteiger partial charge in [0.25, 0.3) is 0 Å². The number of ether oxygens (including phenoxy) is 2. The van der Waals surface area contributed by atoms with Crippen molar-refractivity contribution in [2.24, 2.45) is 0 Å².